The van der Waals surface area contributed by atoms with Gasteiger partial charge in [0, 0.05) is 24.9 Å². The number of ether oxygens (including phenoxy) is 3. The van der Waals surface area contributed by atoms with Crippen molar-refractivity contribution in [3.05, 3.63) is 36.0 Å². The fraction of sp³-hybridized carbons (Fsp3) is 0.810. The van der Waals surface area contributed by atoms with Gasteiger partial charge in [0.15, 0.2) is 16.6 Å². The van der Waals surface area contributed by atoms with Crippen LogP contribution in [0.1, 0.15) is 122 Å². The quantitative estimate of drug-likeness (QED) is 0.0650. The van der Waals surface area contributed by atoms with E-state index >= 15 is 0 Å². The topological polar surface area (TPSA) is 104 Å². The standard InChI is InChI=1S/C42H76O8Si2/c1-18-34(50-52(16,17)41(10,11)12)31(5)39-35(47-39)26-28(2)20-19-21-29(3)38-30(4)22-23-36(46-32(6)43)42(13,45)25-24-33(27-37(44)48-38)49-51(14,15)40(7,8)9/h19-23,28,30-31,33-36,38-39,45H,18,24-27H2,1-17H3/b20-19+,23-22+,29-21+/t28-,30+,31-,33-,34-,35+,36+,38-,39-,42-/m1/s1. The maximum atomic E-state index is 13.6. The van der Waals surface area contributed by atoms with E-state index in [4.69, 9.17) is 23.1 Å². The SMILES string of the molecule is CC[C@@H](O[Si](C)(C)C(C)(C)C)[C@@H](C)[C@H]1O[C@H]1C[C@H](C)/C=C/C=C(\C)[C@H]1OC(=O)C[C@H](O[Si](C)(C)C(C)(C)C)CC[C@@](C)(O)[C@@H](OC(C)=O)/C=C/[C@@H]1C. The number of carbonyl (C=O) groups excluding carboxylic acids is 2. The van der Waals surface area contributed by atoms with Crippen molar-refractivity contribution in [2.45, 2.75) is 201 Å². The van der Waals surface area contributed by atoms with E-state index < -0.39 is 46.5 Å². The smallest absolute Gasteiger partial charge is 0.308 e. The Labute approximate surface area is 319 Å². The number of epoxide rings is 1. The molecule has 0 aromatic carbocycles. The summed E-state index contributed by atoms with van der Waals surface area (Å²) < 4.78 is 31.6. The van der Waals surface area contributed by atoms with Crippen molar-refractivity contribution in [1.29, 1.82) is 0 Å². The first-order valence-electron chi connectivity index (χ1n) is 19.7. The van der Waals surface area contributed by atoms with Gasteiger partial charge in [0.05, 0.1) is 24.7 Å². The Morgan fingerprint density at radius 3 is 2.19 bits per heavy atom. The third-order valence-electron chi connectivity index (χ3n) is 12.1. The molecule has 0 radical (unpaired) electrons. The highest BCUT2D eigenvalue weighted by atomic mass is 28.4. The van der Waals surface area contributed by atoms with Crippen LogP contribution in [0.2, 0.25) is 36.3 Å². The van der Waals surface area contributed by atoms with Gasteiger partial charge in [-0.15, -0.1) is 0 Å². The fourth-order valence-electron chi connectivity index (χ4n) is 6.39. The van der Waals surface area contributed by atoms with E-state index in [0.29, 0.717) is 18.3 Å². The first-order chi connectivity index (χ1) is 23.6. The monoisotopic (exact) mass is 765 g/mol. The molecule has 2 heterocycles. The van der Waals surface area contributed by atoms with Crippen LogP contribution < -0.4 is 0 Å². The normalized spacial score (nSPS) is 31.2. The number of hydrogen-bond acceptors (Lipinski definition) is 8. The minimum absolute atomic E-state index is 0.0617. The zero-order valence-corrected chi connectivity index (χ0v) is 37.9. The van der Waals surface area contributed by atoms with Crippen molar-refractivity contribution in [2.24, 2.45) is 17.8 Å². The van der Waals surface area contributed by atoms with Crippen molar-refractivity contribution in [1.82, 2.24) is 0 Å². The van der Waals surface area contributed by atoms with E-state index in [9.17, 15) is 14.7 Å². The third-order valence-corrected chi connectivity index (χ3v) is 21.1. The van der Waals surface area contributed by atoms with Gasteiger partial charge in [-0.2, -0.15) is 0 Å². The average molecular weight is 765 g/mol. The summed E-state index contributed by atoms with van der Waals surface area (Å²) in [4.78, 5) is 25.6. The van der Waals surface area contributed by atoms with E-state index in [1.54, 1.807) is 13.0 Å². The Morgan fingerprint density at radius 1 is 1.06 bits per heavy atom. The molecule has 52 heavy (non-hydrogen) atoms. The molecule has 1 saturated heterocycles. The number of hydrogen-bond donors (Lipinski definition) is 1. The third kappa shape index (κ3) is 13.6. The van der Waals surface area contributed by atoms with Crippen LogP contribution in [0.5, 0.6) is 0 Å². The minimum Gasteiger partial charge on any atom is -0.457 e. The van der Waals surface area contributed by atoms with Gasteiger partial charge >= 0.3 is 11.9 Å². The van der Waals surface area contributed by atoms with E-state index in [-0.39, 0.29) is 53.1 Å². The molecule has 2 aliphatic heterocycles. The number of esters is 2. The van der Waals surface area contributed by atoms with Crippen molar-refractivity contribution in [2.75, 3.05) is 0 Å². The number of aliphatic hydroxyl groups is 1. The molecule has 10 heteroatoms. The molecule has 10 atom stereocenters. The van der Waals surface area contributed by atoms with Crippen LogP contribution in [0.25, 0.3) is 0 Å². The van der Waals surface area contributed by atoms with Crippen LogP contribution in [-0.4, -0.2) is 75.9 Å². The molecular weight excluding hydrogens is 689 g/mol. The largest absolute Gasteiger partial charge is 0.457 e. The zero-order chi connectivity index (χ0) is 40.0. The number of cyclic esters (lactones) is 1. The lowest BCUT2D eigenvalue weighted by molar-refractivity contribution is -0.157. The summed E-state index contributed by atoms with van der Waals surface area (Å²) >= 11 is 0. The van der Waals surface area contributed by atoms with Crippen LogP contribution in [0.15, 0.2) is 36.0 Å². The Balaban J connectivity index is 2.23. The van der Waals surface area contributed by atoms with E-state index in [2.05, 4.69) is 94.6 Å². The van der Waals surface area contributed by atoms with Crippen molar-refractivity contribution in [3.63, 3.8) is 0 Å². The highest BCUT2D eigenvalue weighted by molar-refractivity contribution is 6.74. The summed E-state index contributed by atoms with van der Waals surface area (Å²) in [6.45, 7) is 36.0. The average Bonchev–Trinajstić information content (AvgIpc) is 3.75. The molecule has 2 rings (SSSR count). The summed E-state index contributed by atoms with van der Waals surface area (Å²) in [7, 11) is -4.12. The van der Waals surface area contributed by atoms with Gasteiger partial charge < -0.3 is 28.2 Å². The molecule has 300 valence electrons. The first kappa shape index (κ1) is 46.6. The predicted octanol–water partition coefficient (Wildman–Crippen LogP) is 10.1. The molecule has 0 unspecified atom stereocenters. The molecule has 0 amide bonds. The first-order valence-corrected chi connectivity index (χ1v) is 25.6. The molecule has 0 bridgehead atoms. The van der Waals surface area contributed by atoms with E-state index in [1.165, 1.54) is 6.92 Å². The second kappa shape index (κ2) is 18.4. The molecule has 1 N–H and O–H groups in total. The van der Waals surface area contributed by atoms with Gasteiger partial charge in [0.1, 0.15) is 17.8 Å². The molecule has 2 aliphatic rings. The van der Waals surface area contributed by atoms with E-state index in [0.717, 1.165) is 18.4 Å². The highest BCUT2D eigenvalue weighted by Crippen LogP contribution is 2.43. The second-order valence-corrected chi connectivity index (χ2v) is 28.6. The molecule has 0 saturated carbocycles. The Morgan fingerprint density at radius 2 is 1.65 bits per heavy atom. The van der Waals surface area contributed by atoms with E-state index in [1.807, 2.05) is 32.1 Å². The lowest BCUT2D eigenvalue weighted by Gasteiger charge is -2.40. The Hall–Kier alpha value is -1.57. The lowest BCUT2D eigenvalue weighted by Crippen LogP contribution is -2.46. The lowest BCUT2D eigenvalue weighted by atomic mass is 9.88. The van der Waals surface area contributed by atoms with Gasteiger partial charge in [0.2, 0.25) is 0 Å². The summed E-state index contributed by atoms with van der Waals surface area (Å²) in [5, 5.41) is 11.7. The number of rotatable bonds is 13. The minimum atomic E-state index is -2.25. The van der Waals surface area contributed by atoms with Crippen LogP contribution in [0.3, 0.4) is 0 Å². The fourth-order valence-corrected chi connectivity index (χ4v) is 9.27. The van der Waals surface area contributed by atoms with Crippen LogP contribution in [0.4, 0.5) is 0 Å². The van der Waals surface area contributed by atoms with Gasteiger partial charge in [-0.25, -0.2) is 0 Å². The van der Waals surface area contributed by atoms with Crippen molar-refractivity contribution >= 4 is 28.6 Å². The van der Waals surface area contributed by atoms with Gasteiger partial charge in [-0.1, -0.05) is 93.5 Å². The zero-order valence-electron chi connectivity index (χ0n) is 35.9. The summed E-state index contributed by atoms with van der Waals surface area (Å²) in [6, 6.07) is 0. The van der Waals surface area contributed by atoms with Crippen LogP contribution in [0, 0.1) is 17.8 Å². The predicted molar refractivity (Wildman–Crippen MR) is 217 cm³/mol. The Kier molecular flexibility index (Phi) is 16.5. The van der Waals surface area contributed by atoms with Crippen molar-refractivity contribution in [3.8, 4) is 0 Å². The molecule has 0 aromatic rings. The molecule has 8 nitrogen and oxygen atoms in total. The highest BCUT2D eigenvalue weighted by Gasteiger charge is 2.48. The molecular formula is C42H76O8Si2. The Bertz CT molecular complexity index is 1270. The molecule has 0 aliphatic carbocycles. The number of allylic oxidation sites excluding steroid dienone is 3. The molecule has 0 aromatic heterocycles. The molecule has 0 spiro atoms. The second-order valence-electron chi connectivity index (χ2n) is 19.1. The van der Waals surface area contributed by atoms with Gasteiger partial charge in [-0.05, 0) is 93.4 Å². The van der Waals surface area contributed by atoms with Crippen LogP contribution in [-0.2, 0) is 32.7 Å². The van der Waals surface area contributed by atoms with Gasteiger partial charge in [-0.3, -0.25) is 9.59 Å². The summed E-state index contributed by atoms with van der Waals surface area (Å²) in [6.07, 6.45) is 11.3. The summed E-state index contributed by atoms with van der Waals surface area (Å²) in [5.74, 6) is -0.414. The maximum absolute atomic E-state index is 13.6. The summed E-state index contributed by atoms with van der Waals surface area (Å²) in [5.41, 5.74) is -0.456. The number of carbonyl (C=O) groups is 2. The van der Waals surface area contributed by atoms with Crippen molar-refractivity contribution < 1.29 is 37.8 Å². The maximum Gasteiger partial charge on any atom is 0.308 e. The van der Waals surface area contributed by atoms with Gasteiger partial charge in [0.25, 0.3) is 0 Å². The molecule has 1 fully saturated rings. The van der Waals surface area contributed by atoms with Crippen LogP contribution >= 0.6 is 0 Å².